The van der Waals surface area contributed by atoms with Gasteiger partial charge in [0.2, 0.25) is 5.95 Å². The van der Waals surface area contributed by atoms with Crippen molar-refractivity contribution in [1.82, 2.24) is 9.97 Å². The lowest BCUT2D eigenvalue weighted by atomic mass is 10.2. The van der Waals surface area contributed by atoms with Gasteiger partial charge in [-0.05, 0) is 25.1 Å². The molecule has 0 spiro atoms. The molecule has 2 aromatic rings. The van der Waals surface area contributed by atoms with Gasteiger partial charge in [0.05, 0.1) is 18.8 Å². The summed E-state index contributed by atoms with van der Waals surface area (Å²) in [6.07, 6.45) is 0. The van der Waals surface area contributed by atoms with Gasteiger partial charge in [-0.3, -0.25) is 0 Å². The number of halogens is 1. The number of rotatable bonds is 3. The van der Waals surface area contributed by atoms with Crippen LogP contribution in [0.2, 0.25) is 0 Å². The van der Waals surface area contributed by atoms with Crippen molar-refractivity contribution >= 4 is 17.5 Å². The number of anilines is 3. The topological polar surface area (TPSA) is 68.5 Å². The zero-order chi connectivity index (χ0) is 19.5. The number of ether oxygens (including phenoxy) is 1. The van der Waals surface area contributed by atoms with Gasteiger partial charge in [-0.1, -0.05) is 0 Å². The molecule has 3 heterocycles. The van der Waals surface area contributed by atoms with Gasteiger partial charge in [-0.25, -0.2) is 9.37 Å². The molecule has 1 aromatic carbocycles. The molecule has 28 heavy (non-hydrogen) atoms. The molecule has 2 saturated heterocycles. The number of aromatic nitrogens is 2. The number of benzene rings is 1. The van der Waals surface area contributed by atoms with E-state index < -0.39 is 5.82 Å². The lowest BCUT2D eigenvalue weighted by Crippen LogP contribution is -2.47. The van der Waals surface area contributed by atoms with E-state index in [1.807, 2.05) is 25.1 Å². The van der Waals surface area contributed by atoms with Crippen LogP contribution >= 0.6 is 0 Å². The second-order valence-electron chi connectivity index (χ2n) is 7.02. The number of hydrogen-bond donors (Lipinski definition) is 0. The molecule has 8 heteroatoms. The molecule has 0 saturated carbocycles. The molecule has 0 amide bonds. The number of nitriles is 1. The van der Waals surface area contributed by atoms with Crippen molar-refractivity contribution in [2.24, 2.45) is 0 Å². The monoisotopic (exact) mass is 382 g/mol. The third kappa shape index (κ3) is 3.85. The Kier molecular flexibility index (Phi) is 5.26. The molecule has 0 N–H and O–H groups in total. The van der Waals surface area contributed by atoms with E-state index in [1.165, 1.54) is 6.07 Å². The maximum atomic E-state index is 13.9. The number of morpholine rings is 1. The summed E-state index contributed by atoms with van der Waals surface area (Å²) in [5.74, 6) is 1.22. The first-order chi connectivity index (χ1) is 13.6. The van der Waals surface area contributed by atoms with Crippen LogP contribution in [0.25, 0.3) is 0 Å². The predicted molar refractivity (Wildman–Crippen MR) is 105 cm³/mol. The second-order valence-corrected chi connectivity index (χ2v) is 7.02. The van der Waals surface area contributed by atoms with E-state index >= 15 is 0 Å². The summed E-state index contributed by atoms with van der Waals surface area (Å²) in [6, 6.07) is 8.67. The minimum atomic E-state index is -0.469. The fourth-order valence-corrected chi connectivity index (χ4v) is 3.59. The summed E-state index contributed by atoms with van der Waals surface area (Å²) < 4.78 is 19.3. The molecule has 7 nitrogen and oxygen atoms in total. The molecule has 0 atom stereocenters. The van der Waals surface area contributed by atoms with Crippen LogP contribution in [0, 0.1) is 24.1 Å². The molecule has 0 unspecified atom stereocenters. The summed E-state index contributed by atoms with van der Waals surface area (Å²) >= 11 is 0. The Bertz CT molecular complexity index is 885. The first-order valence-corrected chi connectivity index (χ1v) is 9.52. The molecule has 146 valence electrons. The van der Waals surface area contributed by atoms with E-state index in [2.05, 4.69) is 19.7 Å². The number of hydrogen-bond acceptors (Lipinski definition) is 7. The van der Waals surface area contributed by atoms with Crippen molar-refractivity contribution in [3.63, 3.8) is 0 Å². The minimum Gasteiger partial charge on any atom is -0.378 e. The van der Waals surface area contributed by atoms with E-state index in [4.69, 9.17) is 15.0 Å². The van der Waals surface area contributed by atoms with Crippen LogP contribution in [0.5, 0.6) is 0 Å². The summed E-state index contributed by atoms with van der Waals surface area (Å²) in [7, 11) is 0. The van der Waals surface area contributed by atoms with E-state index in [9.17, 15) is 4.39 Å². The largest absolute Gasteiger partial charge is 0.378 e. The van der Waals surface area contributed by atoms with E-state index in [-0.39, 0.29) is 5.56 Å². The standard InChI is InChI=1S/C20H23FN6O/c1-15-12-19(24-20(23-15)27-8-10-28-11-9-27)26-6-4-25(5-7-26)17-3-2-16(14-22)18(21)13-17/h2-3,12-13H,4-11H2,1H3. The van der Waals surface area contributed by atoms with Gasteiger partial charge in [0.1, 0.15) is 17.7 Å². The predicted octanol–water partition coefficient (Wildman–Crippen LogP) is 1.96. The normalized spacial score (nSPS) is 17.5. The Morgan fingerprint density at radius 3 is 2.36 bits per heavy atom. The zero-order valence-corrected chi connectivity index (χ0v) is 15.9. The quantitative estimate of drug-likeness (QED) is 0.804. The maximum Gasteiger partial charge on any atom is 0.227 e. The average Bonchev–Trinajstić information content (AvgIpc) is 2.74. The first kappa shape index (κ1) is 18.4. The first-order valence-electron chi connectivity index (χ1n) is 9.52. The molecule has 2 fully saturated rings. The van der Waals surface area contributed by atoms with Crippen molar-refractivity contribution < 1.29 is 9.13 Å². The van der Waals surface area contributed by atoms with Crippen LogP contribution in [0.1, 0.15) is 11.3 Å². The molecule has 0 radical (unpaired) electrons. The molecule has 1 aromatic heterocycles. The average molecular weight is 382 g/mol. The third-order valence-electron chi connectivity index (χ3n) is 5.16. The van der Waals surface area contributed by atoms with Gasteiger partial charge in [0.25, 0.3) is 0 Å². The van der Waals surface area contributed by atoms with Gasteiger partial charge in [-0.15, -0.1) is 0 Å². The van der Waals surface area contributed by atoms with Crippen molar-refractivity contribution in [3.05, 3.63) is 41.3 Å². The number of piperazine rings is 1. The minimum absolute atomic E-state index is 0.0782. The number of aryl methyl sites for hydroxylation is 1. The van der Waals surface area contributed by atoms with Gasteiger partial charge in [-0.2, -0.15) is 10.2 Å². The molecule has 0 aliphatic carbocycles. The summed E-state index contributed by atoms with van der Waals surface area (Å²) in [4.78, 5) is 15.9. The fourth-order valence-electron chi connectivity index (χ4n) is 3.59. The SMILES string of the molecule is Cc1cc(N2CCN(c3ccc(C#N)c(F)c3)CC2)nc(N2CCOCC2)n1. The molecular formula is C20H23FN6O. The van der Waals surface area contributed by atoms with Crippen LogP contribution in [-0.2, 0) is 4.74 Å². The smallest absolute Gasteiger partial charge is 0.227 e. The van der Waals surface area contributed by atoms with Crippen molar-refractivity contribution in [3.8, 4) is 6.07 Å². The van der Waals surface area contributed by atoms with Gasteiger partial charge < -0.3 is 19.4 Å². The highest BCUT2D eigenvalue weighted by atomic mass is 19.1. The Balaban J connectivity index is 1.45. The van der Waals surface area contributed by atoms with E-state index in [0.29, 0.717) is 13.2 Å². The summed E-state index contributed by atoms with van der Waals surface area (Å²) in [5, 5.41) is 8.89. The van der Waals surface area contributed by atoms with Crippen LogP contribution in [0.3, 0.4) is 0 Å². The number of nitrogens with zero attached hydrogens (tertiary/aromatic N) is 6. The van der Waals surface area contributed by atoms with Gasteiger partial charge in [0.15, 0.2) is 0 Å². The fraction of sp³-hybridized carbons (Fsp3) is 0.450. The molecule has 4 rings (SSSR count). The van der Waals surface area contributed by atoms with Crippen LogP contribution in [-0.4, -0.2) is 62.5 Å². The highest BCUT2D eigenvalue weighted by Gasteiger charge is 2.21. The van der Waals surface area contributed by atoms with Crippen LogP contribution in [0.15, 0.2) is 24.3 Å². The summed E-state index contributed by atoms with van der Waals surface area (Å²) in [6.45, 7) is 8.12. The van der Waals surface area contributed by atoms with Crippen molar-refractivity contribution in [1.29, 1.82) is 5.26 Å². The van der Waals surface area contributed by atoms with E-state index in [1.54, 1.807) is 6.07 Å². The highest BCUT2D eigenvalue weighted by molar-refractivity contribution is 5.53. The van der Waals surface area contributed by atoms with Crippen molar-refractivity contribution in [2.75, 3.05) is 67.2 Å². The molecule has 2 aliphatic heterocycles. The molecule has 2 aliphatic rings. The third-order valence-corrected chi connectivity index (χ3v) is 5.16. The Labute approximate surface area is 164 Å². The highest BCUT2D eigenvalue weighted by Crippen LogP contribution is 2.23. The van der Waals surface area contributed by atoms with Gasteiger partial charge >= 0.3 is 0 Å². The Morgan fingerprint density at radius 2 is 1.68 bits per heavy atom. The van der Waals surface area contributed by atoms with Crippen molar-refractivity contribution in [2.45, 2.75) is 6.92 Å². The van der Waals surface area contributed by atoms with Crippen LogP contribution in [0.4, 0.5) is 21.8 Å². The molecule has 0 bridgehead atoms. The Morgan fingerprint density at radius 1 is 0.964 bits per heavy atom. The lowest BCUT2D eigenvalue weighted by molar-refractivity contribution is 0.122. The maximum absolute atomic E-state index is 13.9. The zero-order valence-electron chi connectivity index (χ0n) is 15.9. The van der Waals surface area contributed by atoms with E-state index in [0.717, 1.165) is 62.4 Å². The second kappa shape index (κ2) is 7.98. The Hall–Kier alpha value is -2.92. The molecular weight excluding hydrogens is 359 g/mol. The van der Waals surface area contributed by atoms with Gasteiger partial charge in [0, 0.05) is 56.7 Å². The van der Waals surface area contributed by atoms with Crippen LogP contribution < -0.4 is 14.7 Å². The lowest BCUT2D eigenvalue weighted by Gasteiger charge is -2.37. The summed E-state index contributed by atoms with van der Waals surface area (Å²) in [5.41, 5.74) is 1.83.